The lowest BCUT2D eigenvalue weighted by atomic mass is 10.1. The fourth-order valence-electron chi connectivity index (χ4n) is 2.40. The molecule has 6 heteroatoms. The smallest absolute Gasteiger partial charge is 0.336 e. The summed E-state index contributed by atoms with van der Waals surface area (Å²) in [5.41, 5.74) is 1.86. The topological polar surface area (TPSA) is 85.3 Å². The molecule has 6 nitrogen and oxygen atoms in total. The van der Waals surface area contributed by atoms with E-state index >= 15 is 0 Å². The zero-order valence-corrected chi connectivity index (χ0v) is 12.6. The molecule has 2 aromatic heterocycles. The van der Waals surface area contributed by atoms with Crippen molar-refractivity contribution in [1.29, 1.82) is 0 Å². The van der Waals surface area contributed by atoms with Gasteiger partial charge in [0.15, 0.2) is 12.2 Å². The number of aryl methyl sites for hydroxylation is 2. The average molecular weight is 310 g/mol. The number of nitrogens with one attached hydrogen (secondary N) is 1. The van der Waals surface area contributed by atoms with Gasteiger partial charge in [0, 0.05) is 17.3 Å². The van der Waals surface area contributed by atoms with Crippen LogP contribution in [0.15, 0.2) is 56.6 Å². The van der Waals surface area contributed by atoms with Gasteiger partial charge in [0.2, 0.25) is 0 Å². The Kier molecular flexibility index (Phi) is 3.80. The van der Waals surface area contributed by atoms with Gasteiger partial charge in [-0.2, -0.15) is 0 Å². The zero-order valence-electron chi connectivity index (χ0n) is 12.6. The number of rotatable bonds is 3. The number of aromatic nitrogens is 1. The number of carbonyl (C=O) groups is 1. The maximum absolute atomic E-state index is 12.5. The second-order valence-corrected chi connectivity index (χ2v) is 5.08. The van der Waals surface area contributed by atoms with Gasteiger partial charge in [0.05, 0.1) is 11.8 Å². The lowest BCUT2D eigenvalue weighted by Crippen LogP contribution is -2.17. The van der Waals surface area contributed by atoms with E-state index in [9.17, 15) is 9.59 Å². The minimum atomic E-state index is -0.469. The highest BCUT2D eigenvalue weighted by Crippen LogP contribution is 2.23. The number of benzene rings is 1. The summed E-state index contributed by atoms with van der Waals surface area (Å²) in [6.45, 7) is 3.29. The highest BCUT2D eigenvalue weighted by atomic mass is 16.4. The van der Waals surface area contributed by atoms with Crippen molar-refractivity contribution in [1.82, 2.24) is 4.98 Å². The van der Waals surface area contributed by atoms with Crippen LogP contribution < -0.4 is 10.9 Å². The number of amides is 1. The molecule has 1 amide bonds. The second kappa shape index (κ2) is 5.92. The van der Waals surface area contributed by atoms with E-state index in [4.69, 9.17) is 8.83 Å². The van der Waals surface area contributed by atoms with Crippen LogP contribution >= 0.6 is 0 Å². The highest BCUT2D eigenvalue weighted by molar-refractivity contribution is 6.06. The minimum Gasteiger partial charge on any atom is -0.444 e. The van der Waals surface area contributed by atoms with Crippen molar-refractivity contribution in [2.45, 2.75) is 13.8 Å². The van der Waals surface area contributed by atoms with Crippen LogP contribution in [0.2, 0.25) is 0 Å². The first-order valence-corrected chi connectivity index (χ1v) is 6.96. The first kappa shape index (κ1) is 14.8. The molecule has 0 aliphatic heterocycles. The molecule has 0 aliphatic rings. The van der Waals surface area contributed by atoms with Crippen LogP contribution in [0.1, 0.15) is 21.7 Å². The van der Waals surface area contributed by atoms with E-state index in [0.29, 0.717) is 28.3 Å². The van der Waals surface area contributed by atoms with E-state index in [2.05, 4.69) is 10.3 Å². The number of hydrogen-bond acceptors (Lipinski definition) is 5. The standard InChI is InChI=1S/C17H14N2O4/c1-10-6-15(20)23-11(2)16(10)17(21)19-13-5-3-4-12(7-13)14-8-18-9-22-14/h3-9H,1-2H3,(H,19,21). The summed E-state index contributed by atoms with van der Waals surface area (Å²) in [5, 5.41) is 2.80. The predicted molar refractivity (Wildman–Crippen MR) is 84.3 cm³/mol. The Morgan fingerprint density at radius 3 is 2.74 bits per heavy atom. The van der Waals surface area contributed by atoms with Gasteiger partial charge in [-0.1, -0.05) is 12.1 Å². The maximum Gasteiger partial charge on any atom is 0.336 e. The summed E-state index contributed by atoms with van der Waals surface area (Å²) < 4.78 is 10.2. The van der Waals surface area contributed by atoms with Crippen molar-refractivity contribution in [2.75, 3.05) is 5.32 Å². The molecule has 3 rings (SSSR count). The van der Waals surface area contributed by atoms with Gasteiger partial charge in [-0.15, -0.1) is 0 Å². The maximum atomic E-state index is 12.5. The Bertz CT molecular complexity index is 884. The van der Waals surface area contributed by atoms with Gasteiger partial charge in [0.1, 0.15) is 5.76 Å². The molecule has 0 unspecified atom stereocenters. The molecule has 0 saturated carbocycles. The molecule has 23 heavy (non-hydrogen) atoms. The van der Waals surface area contributed by atoms with Gasteiger partial charge in [-0.25, -0.2) is 9.78 Å². The van der Waals surface area contributed by atoms with E-state index in [0.717, 1.165) is 5.56 Å². The molecule has 0 fully saturated rings. The molecule has 2 heterocycles. The fourth-order valence-corrected chi connectivity index (χ4v) is 2.40. The quantitative estimate of drug-likeness (QED) is 0.803. The molecule has 0 aliphatic carbocycles. The van der Waals surface area contributed by atoms with Crippen LogP contribution in [0.25, 0.3) is 11.3 Å². The normalized spacial score (nSPS) is 10.5. The van der Waals surface area contributed by atoms with E-state index in [1.54, 1.807) is 38.2 Å². The molecular formula is C17H14N2O4. The highest BCUT2D eigenvalue weighted by Gasteiger charge is 2.15. The van der Waals surface area contributed by atoms with E-state index < -0.39 is 5.63 Å². The summed E-state index contributed by atoms with van der Waals surface area (Å²) in [5.74, 6) is 0.566. The Balaban J connectivity index is 1.89. The monoisotopic (exact) mass is 310 g/mol. The lowest BCUT2D eigenvalue weighted by Gasteiger charge is -2.09. The molecule has 116 valence electrons. The molecule has 0 atom stereocenters. The van der Waals surface area contributed by atoms with Crippen molar-refractivity contribution in [2.24, 2.45) is 0 Å². The van der Waals surface area contributed by atoms with E-state index in [1.807, 2.05) is 6.07 Å². The molecule has 1 N–H and O–H groups in total. The molecule has 1 aromatic carbocycles. The Hall–Kier alpha value is -3.15. The SMILES string of the molecule is Cc1cc(=O)oc(C)c1C(=O)Nc1cccc(-c2cnco2)c1. The Morgan fingerprint density at radius 2 is 2.04 bits per heavy atom. The number of nitrogens with zero attached hydrogens (tertiary/aromatic N) is 1. The third-order valence-corrected chi connectivity index (χ3v) is 3.40. The zero-order chi connectivity index (χ0) is 16.4. The van der Waals surface area contributed by atoms with Crippen molar-refractivity contribution < 1.29 is 13.6 Å². The van der Waals surface area contributed by atoms with Crippen molar-refractivity contribution >= 4 is 11.6 Å². The number of hydrogen-bond donors (Lipinski definition) is 1. The summed E-state index contributed by atoms with van der Waals surface area (Å²) in [6, 6.07) is 8.50. The van der Waals surface area contributed by atoms with E-state index in [1.165, 1.54) is 12.5 Å². The predicted octanol–water partition coefficient (Wildman–Crippen LogP) is 3.16. The summed E-state index contributed by atoms with van der Waals surface area (Å²) >= 11 is 0. The van der Waals surface area contributed by atoms with Crippen LogP contribution in [0.5, 0.6) is 0 Å². The first-order valence-electron chi connectivity index (χ1n) is 6.96. The summed E-state index contributed by atoms with van der Waals surface area (Å²) in [7, 11) is 0. The van der Waals surface area contributed by atoms with Crippen molar-refractivity contribution in [3.8, 4) is 11.3 Å². The van der Waals surface area contributed by atoms with Crippen LogP contribution in [-0.4, -0.2) is 10.9 Å². The van der Waals surface area contributed by atoms with Crippen molar-refractivity contribution in [3.05, 3.63) is 70.2 Å². The Morgan fingerprint density at radius 1 is 1.22 bits per heavy atom. The fraction of sp³-hybridized carbons (Fsp3) is 0.118. The average Bonchev–Trinajstić information content (AvgIpc) is 3.00. The minimum absolute atomic E-state index is 0.291. The van der Waals surface area contributed by atoms with Crippen LogP contribution in [0, 0.1) is 13.8 Å². The number of anilines is 1. The van der Waals surface area contributed by atoms with Gasteiger partial charge in [0.25, 0.3) is 5.91 Å². The van der Waals surface area contributed by atoms with Crippen LogP contribution in [0.4, 0.5) is 5.69 Å². The Labute approximate surface area is 131 Å². The van der Waals surface area contributed by atoms with Gasteiger partial charge in [-0.05, 0) is 31.5 Å². The third-order valence-electron chi connectivity index (χ3n) is 3.40. The number of carbonyl (C=O) groups excluding carboxylic acids is 1. The largest absolute Gasteiger partial charge is 0.444 e. The van der Waals surface area contributed by atoms with E-state index in [-0.39, 0.29) is 5.91 Å². The molecule has 0 bridgehead atoms. The third kappa shape index (κ3) is 3.06. The number of oxazole rings is 1. The second-order valence-electron chi connectivity index (χ2n) is 5.08. The lowest BCUT2D eigenvalue weighted by molar-refractivity contribution is 0.102. The molecule has 3 aromatic rings. The molecular weight excluding hydrogens is 296 g/mol. The van der Waals surface area contributed by atoms with Gasteiger partial charge < -0.3 is 14.2 Å². The summed E-state index contributed by atoms with van der Waals surface area (Å²) in [4.78, 5) is 27.6. The van der Waals surface area contributed by atoms with Gasteiger partial charge >= 0.3 is 5.63 Å². The molecule has 0 radical (unpaired) electrons. The van der Waals surface area contributed by atoms with Crippen molar-refractivity contribution in [3.63, 3.8) is 0 Å². The molecule has 0 spiro atoms. The van der Waals surface area contributed by atoms with Gasteiger partial charge in [-0.3, -0.25) is 4.79 Å². The molecule has 0 saturated heterocycles. The van der Waals surface area contributed by atoms with Crippen LogP contribution in [-0.2, 0) is 0 Å². The first-order chi connectivity index (χ1) is 11.0. The van der Waals surface area contributed by atoms with Crippen LogP contribution in [0.3, 0.4) is 0 Å². The summed E-state index contributed by atoms with van der Waals surface area (Å²) in [6.07, 6.45) is 2.94.